The number of piperidine rings is 1. The number of nitrogens with zero attached hydrogens (tertiary/aromatic N) is 1. The predicted molar refractivity (Wildman–Crippen MR) is 70.0 cm³/mol. The van der Waals surface area contributed by atoms with E-state index in [1.165, 1.54) is 6.07 Å². The van der Waals surface area contributed by atoms with Crippen molar-refractivity contribution in [2.45, 2.75) is 44.8 Å². The third-order valence-corrected chi connectivity index (χ3v) is 4.40. The molecule has 1 nitrogen and oxygen atoms in total. The Morgan fingerprint density at radius 3 is 2.42 bits per heavy atom. The largest absolute Gasteiger partial charge is 0.416 e. The van der Waals surface area contributed by atoms with Crippen molar-refractivity contribution in [3.63, 3.8) is 0 Å². The van der Waals surface area contributed by atoms with Crippen molar-refractivity contribution in [1.82, 2.24) is 4.90 Å². The van der Waals surface area contributed by atoms with Crippen molar-refractivity contribution in [2.24, 2.45) is 0 Å². The van der Waals surface area contributed by atoms with Gasteiger partial charge in [-0.1, -0.05) is 18.6 Å². The first kappa shape index (κ1) is 14.4. The van der Waals surface area contributed by atoms with Crippen LogP contribution in [-0.2, 0) is 11.7 Å². The van der Waals surface area contributed by atoms with Crippen molar-refractivity contribution in [1.29, 1.82) is 0 Å². The number of alkyl halides is 3. The van der Waals surface area contributed by atoms with E-state index in [1.807, 2.05) is 7.05 Å². The minimum atomic E-state index is -4.26. The Balaban J connectivity index is 2.39. The molecule has 1 unspecified atom stereocenters. The zero-order chi connectivity index (χ0) is 14.3. The number of hydrogen-bond acceptors (Lipinski definition) is 1. The number of aryl methyl sites for hydroxylation is 1. The first-order chi connectivity index (χ1) is 8.75. The molecule has 0 spiro atoms. The van der Waals surface area contributed by atoms with Crippen LogP contribution in [-0.4, -0.2) is 18.5 Å². The van der Waals surface area contributed by atoms with E-state index in [9.17, 15) is 13.2 Å². The highest BCUT2D eigenvalue weighted by Gasteiger charge is 2.36. The van der Waals surface area contributed by atoms with Gasteiger partial charge in [-0.3, -0.25) is 4.90 Å². The molecular formula is C15H20F3N. The summed E-state index contributed by atoms with van der Waals surface area (Å²) in [4.78, 5) is 2.25. The summed E-state index contributed by atoms with van der Waals surface area (Å²) in [5.74, 6) is 0. The van der Waals surface area contributed by atoms with Crippen molar-refractivity contribution < 1.29 is 13.2 Å². The van der Waals surface area contributed by atoms with E-state index >= 15 is 0 Å². The van der Waals surface area contributed by atoms with Crippen molar-refractivity contribution in [3.8, 4) is 0 Å². The Kier molecular flexibility index (Phi) is 3.65. The normalized spacial score (nSPS) is 25.6. The lowest BCUT2D eigenvalue weighted by atomic mass is 9.81. The van der Waals surface area contributed by atoms with Gasteiger partial charge in [0.1, 0.15) is 0 Å². The van der Waals surface area contributed by atoms with E-state index in [4.69, 9.17) is 0 Å². The highest BCUT2D eigenvalue weighted by molar-refractivity contribution is 5.36. The Bertz CT molecular complexity index is 467. The molecule has 1 aliphatic rings. The standard InChI is InChI=1S/C15H20F3N/c1-11-10-12(6-7-13(11)15(16,17)18)14(2)8-4-5-9-19(14)3/h6-7,10H,4-5,8-9H2,1-3H3. The van der Waals surface area contributed by atoms with Gasteiger partial charge in [0.2, 0.25) is 0 Å². The Labute approximate surface area is 112 Å². The summed E-state index contributed by atoms with van der Waals surface area (Å²) in [5, 5.41) is 0. The molecule has 1 aromatic rings. The van der Waals surface area contributed by atoms with Crippen LogP contribution < -0.4 is 0 Å². The Hall–Kier alpha value is -1.03. The summed E-state index contributed by atoms with van der Waals surface area (Å²) >= 11 is 0. The molecule has 1 atom stereocenters. The molecule has 0 aliphatic carbocycles. The maximum atomic E-state index is 12.8. The molecule has 106 valence electrons. The number of hydrogen-bond donors (Lipinski definition) is 0. The van der Waals surface area contributed by atoms with E-state index < -0.39 is 11.7 Å². The number of rotatable bonds is 1. The maximum absolute atomic E-state index is 12.8. The fourth-order valence-electron chi connectivity index (χ4n) is 2.94. The molecule has 1 saturated heterocycles. The van der Waals surface area contributed by atoms with Gasteiger partial charge in [0.05, 0.1) is 5.56 Å². The zero-order valence-electron chi connectivity index (χ0n) is 11.6. The second-order valence-corrected chi connectivity index (χ2v) is 5.68. The van der Waals surface area contributed by atoms with E-state index in [-0.39, 0.29) is 5.54 Å². The van der Waals surface area contributed by atoms with Crippen LogP contribution in [0.5, 0.6) is 0 Å². The van der Waals surface area contributed by atoms with Crippen molar-refractivity contribution >= 4 is 0 Å². The molecule has 0 radical (unpaired) electrons. The quantitative estimate of drug-likeness (QED) is 0.734. The van der Waals surface area contributed by atoms with Crippen LogP contribution in [0.3, 0.4) is 0 Å². The lowest BCUT2D eigenvalue weighted by Crippen LogP contribution is -2.44. The topological polar surface area (TPSA) is 3.24 Å². The predicted octanol–water partition coefficient (Wildman–Crippen LogP) is 4.34. The van der Waals surface area contributed by atoms with E-state index in [1.54, 1.807) is 19.1 Å². The summed E-state index contributed by atoms with van der Waals surface area (Å²) in [6, 6.07) is 4.56. The second-order valence-electron chi connectivity index (χ2n) is 5.68. The minimum absolute atomic E-state index is 0.146. The fraction of sp³-hybridized carbons (Fsp3) is 0.600. The minimum Gasteiger partial charge on any atom is -0.297 e. The molecule has 4 heteroatoms. The average Bonchev–Trinajstić information content (AvgIpc) is 2.31. The molecule has 0 bridgehead atoms. The van der Waals surface area contributed by atoms with Crippen molar-refractivity contribution in [2.75, 3.05) is 13.6 Å². The van der Waals surface area contributed by atoms with E-state index in [0.717, 1.165) is 31.4 Å². The SMILES string of the molecule is Cc1cc(C2(C)CCCCN2C)ccc1C(F)(F)F. The first-order valence-corrected chi connectivity index (χ1v) is 6.65. The molecule has 1 heterocycles. The number of halogens is 3. The lowest BCUT2D eigenvalue weighted by Gasteiger charge is -2.43. The van der Waals surface area contributed by atoms with Gasteiger partial charge in [0.15, 0.2) is 0 Å². The molecule has 2 rings (SSSR count). The highest BCUT2D eigenvalue weighted by Crippen LogP contribution is 2.39. The number of benzene rings is 1. The van der Waals surface area contributed by atoms with Gasteiger partial charge in [-0.05, 0) is 57.5 Å². The highest BCUT2D eigenvalue weighted by atomic mass is 19.4. The van der Waals surface area contributed by atoms with E-state index in [2.05, 4.69) is 11.8 Å². The molecule has 19 heavy (non-hydrogen) atoms. The Morgan fingerprint density at radius 1 is 1.21 bits per heavy atom. The summed E-state index contributed by atoms with van der Waals surface area (Å²) in [5.41, 5.74) is 0.622. The average molecular weight is 271 g/mol. The monoisotopic (exact) mass is 271 g/mol. The van der Waals surface area contributed by atoms with Gasteiger partial charge < -0.3 is 0 Å². The first-order valence-electron chi connectivity index (χ1n) is 6.65. The molecule has 0 aromatic heterocycles. The van der Waals surface area contributed by atoms with Crippen LogP contribution in [0.2, 0.25) is 0 Å². The molecule has 1 aromatic carbocycles. The molecule has 1 fully saturated rings. The third-order valence-electron chi connectivity index (χ3n) is 4.40. The molecular weight excluding hydrogens is 251 g/mol. The second kappa shape index (κ2) is 4.82. The van der Waals surface area contributed by atoms with Crippen LogP contribution >= 0.6 is 0 Å². The summed E-state index contributed by atoms with van der Waals surface area (Å²) in [6.45, 7) is 4.66. The maximum Gasteiger partial charge on any atom is 0.416 e. The van der Waals surface area contributed by atoms with Crippen LogP contribution in [0.25, 0.3) is 0 Å². The van der Waals surface area contributed by atoms with Crippen LogP contribution in [0.1, 0.15) is 42.9 Å². The van der Waals surface area contributed by atoms with Crippen LogP contribution in [0.15, 0.2) is 18.2 Å². The van der Waals surface area contributed by atoms with Crippen LogP contribution in [0.4, 0.5) is 13.2 Å². The summed E-state index contributed by atoms with van der Waals surface area (Å²) < 4.78 is 38.4. The van der Waals surface area contributed by atoms with Gasteiger partial charge in [0, 0.05) is 5.54 Å². The molecule has 0 amide bonds. The number of likely N-dealkylation sites (tertiary alicyclic amines) is 1. The van der Waals surface area contributed by atoms with Crippen molar-refractivity contribution in [3.05, 3.63) is 34.9 Å². The van der Waals surface area contributed by atoms with Gasteiger partial charge in [0.25, 0.3) is 0 Å². The van der Waals surface area contributed by atoms with Gasteiger partial charge in [-0.15, -0.1) is 0 Å². The van der Waals surface area contributed by atoms with Crippen LogP contribution in [0, 0.1) is 6.92 Å². The zero-order valence-corrected chi connectivity index (χ0v) is 11.6. The third kappa shape index (κ3) is 2.64. The molecule has 0 N–H and O–H groups in total. The molecule has 0 saturated carbocycles. The van der Waals surface area contributed by atoms with Gasteiger partial charge in [-0.25, -0.2) is 0 Å². The van der Waals surface area contributed by atoms with E-state index in [0.29, 0.717) is 5.56 Å². The van der Waals surface area contributed by atoms with Gasteiger partial charge >= 0.3 is 6.18 Å². The summed E-state index contributed by atoms with van der Waals surface area (Å²) in [6.07, 6.45) is -0.983. The van der Waals surface area contributed by atoms with Gasteiger partial charge in [-0.2, -0.15) is 13.2 Å². The summed E-state index contributed by atoms with van der Waals surface area (Å²) in [7, 11) is 2.05. The Morgan fingerprint density at radius 2 is 1.89 bits per heavy atom. The smallest absolute Gasteiger partial charge is 0.297 e. The lowest BCUT2D eigenvalue weighted by molar-refractivity contribution is -0.138. The fourth-order valence-corrected chi connectivity index (χ4v) is 2.94. The molecule has 1 aliphatic heterocycles.